The van der Waals surface area contributed by atoms with Gasteiger partial charge in [-0.15, -0.1) is 0 Å². The van der Waals surface area contributed by atoms with E-state index in [1.165, 1.54) is 6.07 Å². The molecule has 0 aliphatic heterocycles. The third-order valence-electron chi connectivity index (χ3n) is 2.87. The van der Waals surface area contributed by atoms with Crippen molar-refractivity contribution in [2.75, 3.05) is 0 Å². The Bertz CT molecular complexity index is 584. The molecule has 1 atom stereocenters. The minimum Gasteiger partial charge on any atom is -0.271 e. The first kappa shape index (κ1) is 15.9. The summed E-state index contributed by atoms with van der Waals surface area (Å²) >= 11 is 3.28. The molecule has 2 rings (SSSR count). The molecule has 1 unspecified atom stereocenters. The summed E-state index contributed by atoms with van der Waals surface area (Å²) in [5.74, 6) is 5.46. The highest BCUT2D eigenvalue weighted by Crippen LogP contribution is 2.29. The predicted molar refractivity (Wildman–Crippen MR) is 74.9 cm³/mol. The fourth-order valence-electron chi connectivity index (χ4n) is 1.76. The Morgan fingerprint density at radius 2 is 1.90 bits per heavy atom. The van der Waals surface area contributed by atoms with Crippen LogP contribution in [0, 0.1) is 0 Å². The van der Waals surface area contributed by atoms with Gasteiger partial charge in [-0.25, -0.2) is 0 Å². The van der Waals surface area contributed by atoms with Gasteiger partial charge in [0.1, 0.15) is 0 Å². The number of nitrogens with one attached hydrogen (secondary N) is 1. The summed E-state index contributed by atoms with van der Waals surface area (Å²) in [4.78, 5) is 8.03. The van der Waals surface area contributed by atoms with Crippen molar-refractivity contribution >= 4 is 15.9 Å². The Labute approximate surface area is 127 Å². The second-order valence-electron chi connectivity index (χ2n) is 4.36. The van der Waals surface area contributed by atoms with E-state index in [-0.39, 0.29) is 0 Å². The molecule has 0 fully saturated rings. The molecule has 0 spiro atoms. The molecule has 0 aliphatic carbocycles. The number of halogens is 4. The number of aromatic nitrogens is 2. The monoisotopic (exact) mass is 360 g/mol. The number of rotatable bonds is 4. The van der Waals surface area contributed by atoms with Crippen LogP contribution in [-0.2, 0) is 12.6 Å². The molecular weight excluding hydrogens is 349 g/mol. The molecule has 3 N–H and O–H groups in total. The van der Waals surface area contributed by atoms with E-state index < -0.39 is 17.8 Å². The minimum absolute atomic E-state index is 0.416. The molecule has 0 aliphatic rings. The molecule has 112 valence electrons. The summed E-state index contributed by atoms with van der Waals surface area (Å²) in [6.45, 7) is 0. The molecule has 2 aromatic heterocycles. The van der Waals surface area contributed by atoms with Crippen molar-refractivity contribution in [1.82, 2.24) is 15.4 Å². The van der Waals surface area contributed by atoms with Crippen LogP contribution >= 0.6 is 15.9 Å². The van der Waals surface area contributed by atoms with Gasteiger partial charge in [0.15, 0.2) is 0 Å². The molecule has 21 heavy (non-hydrogen) atoms. The topological polar surface area (TPSA) is 63.8 Å². The molecule has 0 aromatic carbocycles. The number of hydrazine groups is 1. The molecule has 2 heterocycles. The third kappa shape index (κ3) is 4.23. The van der Waals surface area contributed by atoms with Crippen molar-refractivity contribution in [3.05, 3.63) is 58.1 Å². The average Bonchev–Trinajstić information content (AvgIpc) is 2.46. The van der Waals surface area contributed by atoms with E-state index in [0.717, 1.165) is 22.4 Å². The number of pyridine rings is 2. The second-order valence-corrected chi connectivity index (χ2v) is 5.28. The van der Waals surface area contributed by atoms with Crippen LogP contribution in [0.4, 0.5) is 13.2 Å². The van der Waals surface area contributed by atoms with Crippen molar-refractivity contribution in [3.63, 3.8) is 0 Å². The summed E-state index contributed by atoms with van der Waals surface area (Å²) in [5, 5.41) is 0. The van der Waals surface area contributed by atoms with Gasteiger partial charge in [0.25, 0.3) is 0 Å². The smallest absolute Gasteiger partial charge is 0.271 e. The van der Waals surface area contributed by atoms with Crippen molar-refractivity contribution in [2.45, 2.75) is 18.6 Å². The number of hydrogen-bond donors (Lipinski definition) is 2. The first-order valence-electron chi connectivity index (χ1n) is 6.00. The average molecular weight is 361 g/mol. The molecule has 2 aromatic rings. The van der Waals surface area contributed by atoms with Gasteiger partial charge in [0.2, 0.25) is 0 Å². The van der Waals surface area contributed by atoms with E-state index >= 15 is 0 Å². The Morgan fingerprint density at radius 3 is 2.38 bits per heavy atom. The molecule has 0 saturated carbocycles. The molecule has 4 nitrogen and oxygen atoms in total. The second kappa shape index (κ2) is 6.50. The van der Waals surface area contributed by atoms with Gasteiger partial charge in [-0.3, -0.25) is 21.2 Å². The molecular formula is C13H12BrF3N4. The van der Waals surface area contributed by atoms with Crippen LogP contribution in [0.5, 0.6) is 0 Å². The van der Waals surface area contributed by atoms with Gasteiger partial charge in [-0.1, -0.05) is 0 Å². The lowest BCUT2D eigenvalue weighted by molar-refractivity contribution is -0.137. The fraction of sp³-hybridized carbons (Fsp3) is 0.231. The Hall–Kier alpha value is -1.51. The van der Waals surface area contributed by atoms with Crippen LogP contribution in [0.15, 0.2) is 41.1 Å². The Balaban J connectivity index is 2.15. The maximum Gasteiger partial charge on any atom is 0.417 e. The van der Waals surface area contributed by atoms with Crippen molar-refractivity contribution in [2.24, 2.45) is 5.84 Å². The zero-order chi connectivity index (χ0) is 15.5. The van der Waals surface area contributed by atoms with Crippen LogP contribution in [0.2, 0.25) is 0 Å². The van der Waals surface area contributed by atoms with Gasteiger partial charge >= 0.3 is 6.18 Å². The number of nitrogens with zero attached hydrogens (tertiary/aromatic N) is 2. The standard InChI is InChI=1S/C13H12BrF3N4/c14-9-2-3-10(19-7-9)5-12(21-18)11-4-1-8(6-20-11)13(15,16)17/h1-4,6-7,12,21H,5,18H2. The van der Waals surface area contributed by atoms with E-state index in [9.17, 15) is 13.2 Å². The van der Waals surface area contributed by atoms with Crippen LogP contribution in [0.3, 0.4) is 0 Å². The SMILES string of the molecule is NNC(Cc1ccc(Br)cn1)c1ccc(C(F)(F)F)cn1. The quantitative estimate of drug-likeness (QED) is 0.649. The summed E-state index contributed by atoms with van der Waals surface area (Å²) in [5.41, 5.74) is 2.93. The van der Waals surface area contributed by atoms with Crippen molar-refractivity contribution < 1.29 is 13.2 Å². The molecule has 0 radical (unpaired) electrons. The maximum atomic E-state index is 12.5. The summed E-state index contributed by atoms with van der Waals surface area (Å²) in [6.07, 6.45) is -1.54. The van der Waals surface area contributed by atoms with Crippen LogP contribution < -0.4 is 11.3 Å². The molecule has 0 amide bonds. The Kier molecular flexibility index (Phi) is 4.92. The van der Waals surface area contributed by atoms with Crippen LogP contribution in [0.25, 0.3) is 0 Å². The molecule has 0 saturated heterocycles. The van der Waals surface area contributed by atoms with Crippen LogP contribution in [-0.4, -0.2) is 9.97 Å². The number of alkyl halides is 3. The highest BCUT2D eigenvalue weighted by atomic mass is 79.9. The largest absolute Gasteiger partial charge is 0.417 e. The molecule has 8 heteroatoms. The third-order valence-corrected chi connectivity index (χ3v) is 3.34. The van der Waals surface area contributed by atoms with E-state index in [1.807, 2.05) is 6.07 Å². The van der Waals surface area contributed by atoms with E-state index in [0.29, 0.717) is 12.1 Å². The van der Waals surface area contributed by atoms with Gasteiger partial charge < -0.3 is 0 Å². The van der Waals surface area contributed by atoms with E-state index in [1.54, 1.807) is 12.3 Å². The number of hydrogen-bond acceptors (Lipinski definition) is 4. The van der Waals surface area contributed by atoms with Gasteiger partial charge in [-0.2, -0.15) is 13.2 Å². The fourth-order valence-corrected chi connectivity index (χ4v) is 2.00. The van der Waals surface area contributed by atoms with Gasteiger partial charge in [0, 0.05) is 29.0 Å². The first-order valence-corrected chi connectivity index (χ1v) is 6.79. The highest BCUT2D eigenvalue weighted by molar-refractivity contribution is 9.10. The normalized spacial score (nSPS) is 13.2. The van der Waals surface area contributed by atoms with Gasteiger partial charge in [0.05, 0.1) is 17.3 Å². The highest BCUT2D eigenvalue weighted by Gasteiger charge is 2.31. The van der Waals surface area contributed by atoms with Crippen molar-refractivity contribution in [1.29, 1.82) is 0 Å². The van der Waals surface area contributed by atoms with Gasteiger partial charge in [-0.05, 0) is 40.2 Å². The maximum absolute atomic E-state index is 12.5. The predicted octanol–water partition coefficient (Wildman–Crippen LogP) is 3.01. The summed E-state index contributed by atoms with van der Waals surface area (Å²) in [7, 11) is 0. The summed E-state index contributed by atoms with van der Waals surface area (Å²) < 4.78 is 38.3. The zero-order valence-electron chi connectivity index (χ0n) is 10.7. The Morgan fingerprint density at radius 1 is 1.14 bits per heavy atom. The minimum atomic E-state index is -4.40. The van der Waals surface area contributed by atoms with Crippen LogP contribution in [0.1, 0.15) is 23.0 Å². The van der Waals surface area contributed by atoms with E-state index in [4.69, 9.17) is 5.84 Å². The first-order chi connectivity index (χ1) is 9.90. The lowest BCUT2D eigenvalue weighted by atomic mass is 10.1. The molecule has 0 bridgehead atoms. The van der Waals surface area contributed by atoms with E-state index in [2.05, 4.69) is 31.3 Å². The summed E-state index contributed by atoms with van der Waals surface area (Å²) in [6, 6.07) is 5.52. The van der Waals surface area contributed by atoms with Crippen molar-refractivity contribution in [3.8, 4) is 0 Å². The zero-order valence-corrected chi connectivity index (χ0v) is 12.3. The number of nitrogens with two attached hydrogens (primary N) is 1. The lowest BCUT2D eigenvalue weighted by Gasteiger charge is -2.16. The lowest BCUT2D eigenvalue weighted by Crippen LogP contribution is -2.30.